The van der Waals surface area contributed by atoms with Crippen LogP contribution in [0.25, 0.3) is 10.9 Å². The molecule has 3 aromatic rings. The summed E-state index contributed by atoms with van der Waals surface area (Å²) in [6.07, 6.45) is 1.98. The first-order valence-corrected chi connectivity index (χ1v) is 7.61. The van der Waals surface area contributed by atoms with Crippen LogP contribution >= 0.6 is 11.6 Å². The van der Waals surface area contributed by atoms with Crippen LogP contribution in [0.2, 0.25) is 5.02 Å². The lowest BCUT2D eigenvalue weighted by atomic mass is 10.1. The molecule has 0 fully saturated rings. The molecule has 0 atom stereocenters. The van der Waals surface area contributed by atoms with Gasteiger partial charge in [0.15, 0.2) is 0 Å². The zero-order valence-electron chi connectivity index (χ0n) is 12.7. The van der Waals surface area contributed by atoms with Gasteiger partial charge >= 0.3 is 5.97 Å². The minimum Gasteiger partial charge on any atom is -0.492 e. The summed E-state index contributed by atoms with van der Waals surface area (Å²) in [5.41, 5.74) is 1.52. The maximum absolute atomic E-state index is 11.6. The molecule has 0 aliphatic heterocycles. The van der Waals surface area contributed by atoms with Gasteiger partial charge in [-0.25, -0.2) is 4.79 Å². The van der Waals surface area contributed by atoms with Gasteiger partial charge in [0.1, 0.15) is 12.4 Å². The van der Waals surface area contributed by atoms with Crippen molar-refractivity contribution in [3.05, 3.63) is 65.3 Å². The van der Waals surface area contributed by atoms with Crippen LogP contribution in [0, 0.1) is 0 Å². The Labute approximate surface area is 139 Å². The third kappa shape index (κ3) is 3.48. The van der Waals surface area contributed by atoms with Gasteiger partial charge in [-0.2, -0.15) is 0 Å². The van der Waals surface area contributed by atoms with Crippen molar-refractivity contribution in [2.45, 2.75) is 6.54 Å². The van der Waals surface area contributed by atoms with Crippen LogP contribution in [0.15, 0.2) is 54.7 Å². The van der Waals surface area contributed by atoms with Gasteiger partial charge in [-0.15, -0.1) is 0 Å². The minimum absolute atomic E-state index is 0.336. The third-order valence-corrected chi connectivity index (χ3v) is 3.86. The molecule has 0 saturated heterocycles. The molecular formula is C18H16ClNO3. The molecule has 0 bridgehead atoms. The van der Waals surface area contributed by atoms with Gasteiger partial charge in [0, 0.05) is 16.7 Å². The normalized spacial score (nSPS) is 10.7. The zero-order chi connectivity index (χ0) is 16.2. The summed E-state index contributed by atoms with van der Waals surface area (Å²) in [4.78, 5) is 11.6. The average molecular weight is 330 g/mol. The molecule has 1 aromatic heterocycles. The Hall–Kier alpha value is -2.46. The van der Waals surface area contributed by atoms with E-state index in [2.05, 4.69) is 4.57 Å². The minimum atomic E-state index is -0.336. The number of hydrogen-bond donors (Lipinski definition) is 0. The van der Waals surface area contributed by atoms with Crippen LogP contribution in [-0.2, 0) is 11.3 Å². The number of benzene rings is 2. The Morgan fingerprint density at radius 2 is 1.91 bits per heavy atom. The van der Waals surface area contributed by atoms with Gasteiger partial charge in [-0.3, -0.25) is 0 Å². The number of rotatable bonds is 5. The molecule has 0 amide bonds. The Kier molecular flexibility index (Phi) is 4.53. The second-order valence-electron chi connectivity index (χ2n) is 5.08. The number of aromatic nitrogens is 1. The first kappa shape index (κ1) is 15.4. The number of carbonyl (C=O) groups is 1. The maximum atomic E-state index is 11.6. The lowest BCUT2D eigenvalue weighted by molar-refractivity contribution is 0.0601. The first-order valence-electron chi connectivity index (χ1n) is 7.23. The van der Waals surface area contributed by atoms with Crippen LogP contribution in [0.1, 0.15) is 10.4 Å². The molecule has 5 heteroatoms. The van der Waals surface area contributed by atoms with Crippen molar-refractivity contribution < 1.29 is 14.3 Å². The molecule has 0 N–H and O–H groups in total. The fraction of sp³-hybridized carbons (Fsp3) is 0.167. The molecule has 0 radical (unpaired) electrons. The van der Waals surface area contributed by atoms with E-state index >= 15 is 0 Å². The molecule has 118 valence electrons. The summed E-state index contributed by atoms with van der Waals surface area (Å²) in [7, 11) is 1.38. The van der Waals surface area contributed by atoms with Gasteiger partial charge in [0.2, 0.25) is 0 Å². The Morgan fingerprint density at radius 1 is 1.13 bits per heavy atom. The van der Waals surface area contributed by atoms with E-state index in [4.69, 9.17) is 21.1 Å². The molecule has 3 rings (SSSR count). The van der Waals surface area contributed by atoms with Crippen LogP contribution in [0.3, 0.4) is 0 Å². The molecule has 1 heterocycles. The van der Waals surface area contributed by atoms with E-state index in [0.717, 1.165) is 16.7 Å². The van der Waals surface area contributed by atoms with E-state index in [1.54, 1.807) is 18.2 Å². The van der Waals surface area contributed by atoms with Crippen LogP contribution in [0.5, 0.6) is 5.75 Å². The van der Waals surface area contributed by atoms with Crippen molar-refractivity contribution in [2.24, 2.45) is 0 Å². The molecule has 2 aromatic carbocycles. The van der Waals surface area contributed by atoms with Crippen molar-refractivity contribution in [1.82, 2.24) is 4.57 Å². The number of nitrogens with zero attached hydrogens (tertiary/aromatic N) is 1. The average Bonchev–Trinajstić information content (AvgIpc) is 2.98. The Balaban J connectivity index is 1.72. The summed E-state index contributed by atoms with van der Waals surface area (Å²) in [6, 6.07) is 14.8. The van der Waals surface area contributed by atoms with E-state index in [-0.39, 0.29) is 5.97 Å². The lowest BCUT2D eigenvalue weighted by Gasteiger charge is -2.09. The second-order valence-corrected chi connectivity index (χ2v) is 5.51. The highest BCUT2D eigenvalue weighted by Crippen LogP contribution is 2.19. The predicted octanol–water partition coefficient (Wildman–Crippen LogP) is 4.16. The van der Waals surface area contributed by atoms with Crippen LogP contribution in [-0.4, -0.2) is 24.3 Å². The molecular weight excluding hydrogens is 314 g/mol. The summed E-state index contributed by atoms with van der Waals surface area (Å²) >= 11 is 5.85. The van der Waals surface area contributed by atoms with Crippen molar-refractivity contribution in [2.75, 3.05) is 13.7 Å². The van der Waals surface area contributed by atoms with E-state index in [1.165, 1.54) is 7.11 Å². The Bertz CT molecular complexity index is 824. The first-order chi connectivity index (χ1) is 11.2. The van der Waals surface area contributed by atoms with Crippen molar-refractivity contribution >= 4 is 28.5 Å². The smallest absolute Gasteiger partial charge is 0.337 e. The van der Waals surface area contributed by atoms with E-state index in [1.807, 2.05) is 36.5 Å². The SMILES string of the molecule is COC(=O)c1ccc2ccn(CCOc3ccc(Cl)cc3)c2c1. The number of carbonyl (C=O) groups excluding carboxylic acids is 1. The fourth-order valence-electron chi connectivity index (χ4n) is 2.42. The monoisotopic (exact) mass is 329 g/mol. The quantitative estimate of drug-likeness (QED) is 0.660. The number of ether oxygens (including phenoxy) is 2. The number of esters is 1. The van der Waals surface area contributed by atoms with E-state index in [9.17, 15) is 4.79 Å². The van der Waals surface area contributed by atoms with Crippen molar-refractivity contribution in [3.8, 4) is 5.75 Å². The molecule has 0 aliphatic rings. The highest BCUT2D eigenvalue weighted by atomic mass is 35.5. The van der Waals surface area contributed by atoms with Gasteiger partial charge in [-0.05, 0) is 47.9 Å². The molecule has 0 aliphatic carbocycles. The van der Waals surface area contributed by atoms with E-state index in [0.29, 0.717) is 23.7 Å². The van der Waals surface area contributed by atoms with Crippen molar-refractivity contribution in [1.29, 1.82) is 0 Å². The summed E-state index contributed by atoms with van der Waals surface area (Å²) < 4.78 is 12.5. The fourth-order valence-corrected chi connectivity index (χ4v) is 2.54. The standard InChI is InChI=1S/C18H16ClNO3/c1-22-18(21)14-3-2-13-8-9-20(17(13)12-14)10-11-23-16-6-4-15(19)5-7-16/h2-9,12H,10-11H2,1H3. The highest BCUT2D eigenvalue weighted by Gasteiger charge is 2.08. The van der Waals surface area contributed by atoms with E-state index < -0.39 is 0 Å². The lowest BCUT2D eigenvalue weighted by Crippen LogP contribution is -2.07. The third-order valence-electron chi connectivity index (χ3n) is 3.61. The van der Waals surface area contributed by atoms with Gasteiger partial charge < -0.3 is 14.0 Å². The Morgan fingerprint density at radius 3 is 2.65 bits per heavy atom. The number of halogens is 1. The van der Waals surface area contributed by atoms with Crippen LogP contribution in [0.4, 0.5) is 0 Å². The van der Waals surface area contributed by atoms with Crippen LogP contribution < -0.4 is 4.74 Å². The number of fused-ring (bicyclic) bond motifs is 1. The highest BCUT2D eigenvalue weighted by molar-refractivity contribution is 6.30. The van der Waals surface area contributed by atoms with Gasteiger partial charge in [0.05, 0.1) is 19.2 Å². The molecule has 4 nitrogen and oxygen atoms in total. The summed E-state index contributed by atoms with van der Waals surface area (Å²) in [5, 5.41) is 1.76. The van der Waals surface area contributed by atoms with Crippen molar-refractivity contribution in [3.63, 3.8) is 0 Å². The number of methoxy groups -OCH3 is 1. The second kappa shape index (κ2) is 6.75. The summed E-state index contributed by atoms with van der Waals surface area (Å²) in [6.45, 7) is 1.20. The maximum Gasteiger partial charge on any atom is 0.337 e. The molecule has 23 heavy (non-hydrogen) atoms. The molecule has 0 unspecified atom stereocenters. The zero-order valence-corrected chi connectivity index (χ0v) is 13.4. The summed E-state index contributed by atoms with van der Waals surface area (Å²) in [5.74, 6) is 0.443. The predicted molar refractivity (Wildman–Crippen MR) is 90.2 cm³/mol. The number of hydrogen-bond acceptors (Lipinski definition) is 3. The van der Waals surface area contributed by atoms with Gasteiger partial charge in [0.25, 0.3) is 0 Å². The topological polar surface area (TPSA) is 40.5 Å². The van der Waals surface area contributed by atoms with Gasteiger partial charge in [-0.1, -0.05) is 17.7 Å². The molecule has 0 spiro atoms. The largest absolute Gasteiger partial charge is 0.492 e. The molecule has 0 saturated carbocycles.